The molecule has 0 bridgehead atoms. The Hall–Kier alpha value is -3.32. The fourth-order valence-corrected chi connectivity index (χ4v) is 3.52. The average molecular weight is 423 g/mol. The van der Waals surface area contributed by atoms with E-state index in [4.69, 9.17) is 0 Å². The highest BCUT2D eigenvalue weighted by atomic mass is 16.2. The summed E-state index contributed by atoms with van der Waals surface area (Å²) in [6.07, 6.45) is 0. The number of benzene rings is 2. The Morgan fingerprint density at radius 1 is 0.935 bits per heavy atom. The molecule has 2 aromatic carbocycles. The number of anilines is 1. The van der Waals surface area contributed by atoms with Crippen LogP contribution in [0.3, 0.4) is 0 Å². The van der Waals surface area contributed by atoms with Crippen LogP contribution in [-0.2, 0) is 9.59 Å². The van der Waals surface area contributed by atoms with Crippen LogP contribution in [0.1, 0.15) is 59.5 Å². The van der Waals surface area contributed by atoms with Crippen LogP contribution < -0.4 is 15.5 Å². The molecule has 2 aromatic rings. The highest BCUT2D eigenvalue weighted by Gasteiger charge is 2.30. The molecule has 0 aliphatic heterocycles. The molecule has 0 saturated heterocycles. The molecule has 0 saturated carbocycles. The lowest BCUT2D eigenvalue weighted by Crippen LogP contribution is -3.15. The number of likely N-dealkylation sites (N-methyl/N-ethyl adjacent to an activating group) is 1. The number of fused-ring (bicyclic) bond motifs is 2. The van der Waals surface area contributed by atoms with Gasteiger partial charge in [-0.3, -0.25) is 19.2 Å². The monoisotopic (exact) mass is 422 g/mol. The largest absolute Gasteiger partial charge is 0.347 e. The maximum Gasteiger partial charge on any atom is 0.282 e. The first-order valence-electron chi connectivity index (χ1n) is 10.2. The molecule has 31 heavy (non-hydrogen) atoms. The number of carbonyl (C=O) groups excluding carboxylic acids is 4. The van der Waals surface area contributed by atoms with Gasteiger partial charge in [0.05, 0.1) is 7.05 Å². The van der Waals surface area contributed by atoms with Crippen LogP contribution in [0.5, 0.6) is 0 Å². The molecular formula is C24H28N3O4+. The Bertz CT molecular complexity index is 1070. The fraction of sp³-hybridized carbons (Fsp3) is 0.333. The molecule has 3 rings (SSSR count). The van der Waals surface area contributed by atoms with E-state index in [1.54, 1.807) is 50.4 Å². The van der Waals surface area contributed by atoms with Crippen molar-refractivity contribution < 1.29 is 24.1 Å². The molecule has 1 aliphatic carbocycles. The summed E-state index contributed by atoms with van der Waals surface area (Å²) in [5.74, 6) is -0.862. The topological polar surface area (TPSA) is 96.8 Å². The number of quaternary nitrogens is 1. The van der Waals surface area contributed by atoms with Gasteiger partial charge < -0.3 is 15.5 Å². The van der Waals surface area contributed by atoms with E-state index in [1.807, 2.05) is 20.8 Å². The van der Waals surface area contributed by atoms with Gasteiger partial charge in [0.15, 0.2) is 24.2 Å². The van der Waals surface area contributed by atoms with Gasteiger partial charge in [-0.2, -0.15) is 0 Å². The second-order valence-electron chi connectivity index (χ2n) is 9.00. The molecule has 2 atom stereocenters. The smallest absolute Gasteiger partial charge is 0.282 e. The van der Waals surface area contributed by atoms with Gasteiger partial charge in [-0.05, 0) is 45.9 Å². The Labute approximate surface area is 181 Å². The van der Waals surface area contributed by atoms with Crippen molar-refractivity contribution in [1.29, 1.82) is 0 Å². The van der Waals surface area contributed by atoms with Gasteiger partial charge >= 0.3 is 0 Å². The molecule has 0 radical (unpaired) electrons. The average Bonchev–Trinajstić information content (AvgIpc) is 2.69. The first-order valence-corrected chi connectivity index (χ1v) is 10.2. The zero-order valence-corrected chi connectivity index (χ0v) is 18.5. The van der Waals surface area contributed by atoms with Gasteiger partial charge in [0.2, 0.25) is 0 Å². The zero-order valence-electron chi connectivity index (χ0n) is 18.5. The third-order valence-corrected chi connectivity index (χ3v) is 5.28. The van der Waals surface area contributed by atoms with Gasteiger partial charge in [-0.15, -0.1) is 0 Å². The summed E-state index contributed by atoms with van der Waals surface area (Å²) >= 11 is 0. The Kier molecular flexibility index (Phi) is 6.08. The van der Waals surface area contributed by atoms with Gasteiger partial charge in [0.1, 0.15) is 0 Å². The fourth-order valence-electron chi connectivity index (χ4n) is 3.52. The predicted molar refractivity (Wildman–Crippen MR) is 117 cm³/mol. The van der Waals surface area contributed by atoms with Crippen molar-refractivity contribution in [2.24, 2.45) is 0 Å². The lowest BCUT2D eigenvalue weighted by atomic mass is 9.84. The SMILES string of the molecule is C[C@@H](C(=O)Nc1ccc2c(c1)C(=O)c1ccccc1C2=O)[NH+](C)CC(=O)NC(C)(C)C. The molecule has 0 fully saturated rings. The molecule has 0 spiro atoms. The van der Waals surface area contributed by atoms with Crippen LogP contribution in [0.15, 0.2) is 42.5 Å². The second-order valence-corrected chi connectivity index (χ2v) is 9.00. The first kappa shape index (κ1) is 22.4. The summed E-state index contributed by atoms with van der Waals surface area (Å²) in [6, 6.07) is 10.9. The van der Waals surface area contributed by atoms with Crippen LogP contribution in [0.4, 0.5) is 5.69 Å². The lowest BCUT2D eigenvalue weighted by molar-refractivity contribution is -0.885. The van der Waals surface area contributed by atoms with Gasteiger partial charge in [-0.1, -0.05) is 24.3 Å². The van der Waals surface area contributed by atoms with Crippen LogP contribution in [0.2, 0.25) is 0 Å². The maximum absolute atomic E-state index is 12.9. The van der Waals surface area contributed by atoms with Gasteiger partial charge in [-0.25, -0.2) is 0 Å². The number of amides is 2. The van der Waals surface area contributed by atoms with Crippen molar-refractivity contribution >= 4 is 29.1 Å². The van der Waals surface area contributed by atoms with Gasteiger partial charge in [0.25, 0.3) is 11.8 Å². The standard InChI is InChI=1S/C24H27N3O4/c1-14(27(5)13-20(28)26-24(2,3)4)23(31)25-15-10-11-18-19(12-15)22(30)17-9-7-6-8-16(17)21(18)29/h6-12,14H,13H2,1-5H3,(H,25,31)(H,26,28)/p+1/t14-/m0/s1. The molecule has 1 aliphatic rings. The molecule has 2 amide bonds. The molecule has 1 unspecified atom stereocenters. The normalized spacial score (nSPS) is 14.9. The van der Waals surface area contributed by atoms with Gasteiger partial charge in [0, 0.05) is 33.5 Å². The third-order valence-electron chi connectivity index (χ3n) is 5.28. The first-order chi connectivity index (χ1) is 14.5. The molecule has 3 N–H and O–H groups in total. The molecular weight excluding hydrogens is 394 g/mol. The minimum Gasteiger partial charge on any atom is -0.347 e. The second kappa shape index (κ2) is 8.43. The summed E-state index contributed by atoms with van der Waals surface area (Å²) in [6.45, 7) is 7.59. The van der Waals surface area contributed by atoms with Crippen molar-refractivity contribution in [1.82, 2.24) is 5.32 Å². The third kappa shape index (κ3) is 4.88. The number of ketones is 2. The minimum absolute atomic E-state index is 0.138. The summed E-state index contributed by atoms with van der Waals surface area (Å²) in [5.41, 5.74) is 1.46. The van der Waals surface area contributed by atoms with Crippen molar-refractivity contribution in [3.8, 4) is 0 Å². The summed E-state index contributed by atoms with van der Waals surface area (Å²) in [7, 11) is 1.78. The van der Waals surface area contributed by atoms with Crippen LogP contribution >= 0.6 is 0 Å². The van der Waals surface area contributed by atoms with Crippen molar-refractivity contribution in [3.63, 3.8) is 0 Å². The molecule has 7 nitrogen and oxygen atoms in total. The van der Waals surface area contributed by atoms with Crippen molar-refractivity contribution in [2.45, 2.75) is 39.3 Å². The quantitative estimate of drug-likeness (QED) is 0.576. The number of hydrogen-bond acceptors (Lipinski definition) is 4. The number of hydrogen-bond donors (Lipinski definition) is 3. The molecule has 7 heteroatoms. The van der Waals surface area contributed by atoms with E-state index in [0.717, 1.165) is 4.90 Å². The summed E-state index contributed by atoms with van der Waals surface area (Å²) in [4.78, 5) is 51.2. The van der Waals surface area contributed by atoms with Crippen molar-refractivity contribution in [2.75, 3.05) is 18.9 Å². The summed E-state index contributed by atoms with van der Waals surface area (Å²) < 4.78 is 0. The van der Waals surface area contributed by atoms with E-state index in [0.29, 0.717) is 22.4 Å². The van der Waals surface area contributed by atoms with E-state index in [-0.39, 0.29) is 41.0 Å². The van der Waals surface area contributed by atoms with Crippen LogP contribution in [0, 0.1) is 0 Å². The number of carbonyl (C=O) groups is 4. The lowest BCUT2D eigenvalue weighted by Gasteiger charge is -2.24. The maximum atomic E-state index is 12.9. The molecule has 0 aromatic heterocycles. The Balaban J connectivity index is 1.72. The van der Waals surface area contributed by atoms with E-state index < -0.39 is 6.04 Å². The highest BCUT2D eigenvalue weighted by Crippen LogP contribution is 2.29. The zero-order chi connectivity index (χ0) is 22.9. The Morgan fingerprint density at radius 3 is 2.06 bits per heavy atom. The predicted octanol–water partition coefficient (Wildman–Crippen LogP) is 1.22. The van der Waals surface area contributed by atoms with E-state index in [1.165, 1.54) is 6.07 Å². The highest BCUT2D eigenvalue weighted by molar-refractivity contribution is 6.28. The van der Waals surface area contributed by atoms with E-state index >= 15 is 0 Å². The minimum atomic E-state index is -0.500. The van der Waals surface area contributed by atoms with Crippen LogP contribution in [0.25, 0.3) is 0 Å². The molecule has 0 heterocycles. The molecule has 162 valence electrons. The van der Waals surface area contributed by atoms with Crippen molar-refractivity contribution in [3.05, 3.63) is 64.7 Å². The van der Waals surface area contributed by atoms with E-state index in [2.05, 4.69) is 10.6 Å². The van der Waals surface area contributed by atoms with Crippen LogP contribution in [-0.4, -0.2) is 48.6 Å². The Morgan fingerprint density at radius 2 is 1.48 bits per heavy atom. The van der Waals surface area contributed by atoms with E-state index in [9.17, 15) is 19.2 Å². The number of rotatable bonds is 5. The summed E-state index contributed by atoms with van der Waals surface area (Å²) in [5, 5.41) is 5.68. The number of nitrogens with one attached hydrogen (secondary N) is 3.